The van der Waals surface area contributed by atoms with Gasteiger partial charge in [0.1, 0.15) is 5.69 Å². The van der Waals surface area contributed by atoms with Gasteiger partial charge in [-0.05, 0) is 31.1 Å². The lowest BCUT2D eigenvalue weighted by atomic mass is 10.0. The standard InChI is InChI=1S/C16H26N4O4.ClH/c1-6-19(7-2)9-8-12-10-14(18(3)4)15(20(22)23)11-13(12)16(21)17-24-5;/h10-11H,6-9H2,1-5H3,(H,17,21);1H. The third-order valence-corrected chi connectivity index (χ3v) is 3.91. The molecule has 1 aromatic carbocycles. The van der Waals surface area contributed by atoms with Crippen LogP contribution in [0.4, 0.5) is 11.4 Å². The molecular weight excluding hydrogens is 348 g/mol. The first-order valence-corrected chi connectivity index (χ1v) is 7.89. The van der Waals surface area contributed by atoms with Crippen molar-refractivity contribution in [1.29, 1.82) is 0 Å². The number of anilines is 1. The van der Waals surface area contributed by atoms with E-state index >= 15 is 0 Å². The minimum absolute atomic E-state index is 0. The molecule has 9 heteroatoms. The zero-order valence-electron chi connectivity index (χ0n) is 15.4. The number of carbonyl (C=O) groups excluding carboxylic acids is 1. The van der Waals surface area contributed by atoms with E-state index in [0.717, 1.165) is 25.2 Å². The zero-order chi connectivity index (χ0) is 18.3. The highest BCUT2D eigenvalue weighted by atomic mass is 35.5. The molecule has 0 aliphatic carbocycles. The molecular formula is C16H27ClN4O4. The molecule has 0 saturated carbocycles. The van der Waals surface area contributed by atoms with E-state index in [-0.39, 0.29) is 23.7 Å². The minimum atomic E-state index is -0.486. The normalized spacial score (nSPS) is 10.3. The van der Waals surface area contributed by atoms with E-state index in [1.165, 1.54) is 13.2 Å². The van der Waals surface area contributed by atoms with Crippen molar-refractivity contribution in [2.24, 2.45) is 0 Å². The van der Waals surface area contributed by atoms with Crippen LogP contribution in [0.25, 0.3) is 0 Å². The molecule has 0 atom stereocenters. The van der Waals surface area contributed by atoms with Gasteiger partial charge < -0.3 is 9.80 Å². The van der Waals surface area contributed by atoms with E-state index in [1.54, 1.807) is 25.1 Å². The van der Waals surface area contributed by atoms with Crippen molar-refractivity contribution < 1.29 is 14.6 Å². The Bertz CT molecular complexity index is 592. The number of nitrogens with zero attached hydrogens (tertiary/aromatic N) is 3. The molecule has 25 heavy (non-hydrogen) atoms. The van der Waals surface area contributed by atoms with Crippen LogP contribution in [-0.4, -0.2) is 56.6 Å². The molecule has 0 fully saturated rings. The molecule has 0 radical (unpaired) electrons. The number of amides is 1. The first kappa shape index (κ1) is 23.1. The van der Waals surface area contributed by atoms with E-state index in [9.17, 15) is 14.9 Å². The number of carbonyl (C=O) groups is 1. The highest BCUT2D eigenvalue weighted by Gasteiger charge is 2.23. The Labute approximate surface area is 154 Å². The number of nitro benzene ring substituents is 1. The van der Waals surface area contributed by atoms with E-state index in [1.807, 2.05) is 0 Å². The lowest BCUT2D eigenvalue weighted by Gasteiger charge is -2.20. The number of likely N-dealkylation sites (N-methyl/N-ethyl adjacent to an activating group) is 1. The number of hydrogen-bond acceptors (Lipinski definition) is 6. The fourth-order valence-corrected chi connectivity index (χ4v) is 2.51. The number of hydroxylamine groups is 1. The summed E-state index contributed by atoms with van der Waals surface area (Å²) >= 11 is 0. The molecule has 0 spiro atoms. The van der Waals surface area contributed by atoms with E-state index in [2.05, 4.69) is 29.1 Å². The Morgan fingerprint density at radius 1 is 1.28 bits per heavy atom. The number of halogens is 1. The fourth-order valence-electron chi connectivity index (χ4n) is 2.51. The van der Waals surface area contributed by atoms with Gasteiger partial charge in [-0.15, -0.1) is 12.4 Å². The van der Waals surface area contributed by atoms with Crippen molar-refractivity contribution in [3.63, 3.8) is 0 Å². The van der Waals surface area contributed by atoms with Gasteiger partial charge in [0.2, 0.25) is 0 Å². The average Bonchev–Trinajstić information content (AvgIpc) is 2.55. The SMILES string of the molecule is CCN(CC)CCc1cc(N(C)C)c([N+](=O)[O-])cc1C(=O)NOC.Cl. The summed E-state index contributed by atoms with van der Waals surface area (Å²) in [7, 11) is 4.81. The highest BCUT2D eigenvalue weighted by molar-refractivity contribution is 5.96. The molecule has 0 aliphatic rings. The lowest BCUT2D eigenvalue weighted by Crippen LogP contribution is -2.28. The maximum absolute atomic E-state index is 12.2. The third kappa shape index (κ3) is 6.15. The number of nitrogens with one attached hydrogen (secondary N) is 1. The van der Waals surface area contributed by atoms with Crippen molar-refractivity contribution in [3.8, 4) is 0 Å². The molecule has 0 unspecified atom stereocenters. The van der Waals surface area contributed by atoms with Crippen LogP contribution in [0.5, 0.6) is 0 Å². The summed E-state index contributed by atoms with van der Waals surface area (Å²) in [4.78, 5) is 31.7. The van der Waals surface area contributed by atoms with Crippen molar-refractivity contribution in [2.45, 2.75) is 20.3 Å². The average molecular weight is 375 g/mol. The van der Waals surface area contributed by atoms with E-state index < -0.39 is 10.8 Å². The summed E-state index contributed by atoms with van der Waals surface area (Å²) < 4.78 is 0. The summed E-state index contributed by atoms with van der Waals surface area (Å²) in [5, 5.41) is 11.3. The fraction of sp³-hybridized carbons (Fsp3) is 0.562. The first-order chi connectivity index (χ1) is 11.3. The van der Waals surface area contributed by atoms with Gasteiger partial charge >= 0.3 is 0 Å². The van der Waals surface area contributed by atoms with Gasteiger partial charge in [-0.2, -0.15) is 0 Å². The molecule has 1 N–H and O–H groups in total. The summed E-state index contributed by atoms with van der Waals surface area (Å²) in [5.74, 6) is -0.486. The third-order valence-electron chi connectivity index (χ3n) is 3.91. The van der Waals surface area contributed by atoms with Gasteiger partial charge in [-0.25, -0.2) is 5.48 Å². The van der Waals surface area contributed by atoms with Crippen LogP contribution >= 0.6 is 12.4 Å². The van der Waals surface area contributed by atoms with Gasteiger partial charge in [0.25, 0.3) is 11.6 Å². The highest BCUT2D eigenvalue weighted by Crippen LogP contribution is 2.31. The largest absolute Gasteiger partial charge is 0.372 e. The molecule has 0 saturated heterocycles. The van der Waals surface area contributed by atoms with Crippen LogP contribution in [0.2, 0.25) is 0 Å². The van der Waals surface area contributed by atoms with Gasteiger partial charge in [0.05, 0.1) is 17.6 Å². The van der Waals surface area contributed by atoms with Crippen molar-refractivity contribution in [2.75, 3.05) is 45.7 Å². The van der Waals surface area contributed by atoms with E-state index in [0.29, 0.717) is 12.1 Å². The second kappa shape index (κ2) is 10.9. The smallest absolute Gasteiger partial charge is 0.293 e. The zero-order valence-corrected chi connectivity index (χ0v) is 16.2. The molecule has 0 heterocycles. The van der Waals surface area contributed by atoms with E-state index in [4.69, 9.17) is 0 Å². The summed E-state index contributed by atoms with van der Waals surface area (Å²) in [6.45, 7) is 6.73. The molecule has 8 nitrogen and oxygen atoms in total. The summed E-state index contributed by atoms with van der Waals surface area (Å²) in [6, 6.07) is 3.04. The minimum Gasteiger partial charge on any atom is -0.372 e. The van der Waals surface area contributed by atoms with Crippen LogP contribution in [0.3, 0.4) is 0 Å². The number of benzene rings is 1. The van der Waals surface area contributed by atoms with Gasteiger partial charge in [0, 0.05) is 26.7 Å². The molecule has 142 valence electrons. The van der Waals surface area contributed by atoms with Gasteiger partial charge in [-0.3, -0.25) is 19.7 Å². The van der Waals surface area contributed by atoms with Gasteiger partial charge in [-0.1, -0.05) is 13.8 Å². The Kier molecular flexibility index (Phi) is 10.0. The Morgan fingerprint density at radius 2 is 1.88 bits per heavy atom. The van der Waals surface area contributed by atoms with Crippen LogP contribution in [0, 0.1) is 10.1 Å². The predicted octanol–water partition coefficient (Wildman–Crippen LogP) is 2.26. The van der Waals surface area contributed by atoms with Crippen LogP contribution in [0.15, 0.2) is 12.1 Å². The van der Waals surface area contributed by atoms with Crippen LogP contribution in [-0.2, 0) is 11.3 Å². The summed E-state index contributed by atoms with van der Waals surface area (Å²) in [5.41, 5.74) is 3.64. The first-order valence-electron chi connectivity index (χ1n) is 7.89. The number of hydrogen-bond donors (Lipinski definition) is 1. The molecule has 1 aromatic rings. The predicted molar refractivity (Wildman–Crippen MR) is 101 cm³/mol. The summed E-state index contributed by atoms with van der Waals surface area (Å²) in [6.07, 6.45) is 0.618. The second-order valence-corrected chi connectivity index (χ2v) is 5.56. The Hall–Kier alpha value is -1.90. The second-order valence-electron chi connectivity index (χ2n) is 5.56. The van der Waals surface area contributed by atoms with Crippen molar-refractivity contribution in [1.82, 2.24) is 10.4 Å². The maximum Gasteiger partial charge on any atom is 0.293 e. The van der Waals surface area contributed by atoms with Crippen molar-refractivity contribution >= 4 is 29.7 Å². The number of nitro groups is 1. The topological polar surface area (TPSA) is 88.0 Å². The number of rotatable bonds is 9. The van der Waals surface area contributed by atoms with Gasteiger partial charge in [0.15, 0.2) is 0 Å². The molecule has 1 rings (SSSR count). The van der Waals surface area contributed by atoms with Crippen LogP contribution in [0.1, 0.15) is 29.8 Å². The molecule has 0 aromatic heterocycles. The Morgan fingerprint density at radius 3 is 2.32 bits per heavy atom. The Balaban J connectivity index is 0.00000576. The molecule has 1 amide bonds. The molecule has 0 bridgehead atoms. The van der Waals surface area contributed by atoms with Crippen LogP contribution < -0.4 is 10.4 Å². The quantitative estimate of drug-likeness (QED) is 0.527. The lowest BCUT2D eigenvalue weighted by molar-refractivity contribution is -0.384. The molecule has 0 aliphatic heterocycles. The monoisotopic (exact) mass is 374 g/mol. The van der Waals surface area contributed by atoms with Crippen molar-refractivity contribution in [3.05, 3.63) is 33.4 Å². The maximum atomic E-state index is 12.2.